The van der Waals surface area contributed by atoms with E-state index in [1.165, 1.54) is 0 Å². The molecule has 1 heterocycles. The molecule has 1 atom stereocenters. The van der Waals surface area contributed by atoms with E-state index >= 15 is 0 Å². The van der Waals surface area contributed by atoms with E-state index in [-0.39, 0.29) is 6.04 Å². The molecule has 0 saturated heterocycles. The van der Waals surface area contributed by atoms with Crippen molar-refractivity contribution < 1.29 is 9.53 Å². The van der Waals surface area contributed by atoms with Gasteiger partial charge in [0.15, 0.2) is 0 Å². The predicted molar refractivity (Wildman–Crippen MR) is 68.7 cm³/mol. The van der Waals surface area contributed by atoms with Gasteiger partial charge in [-0.2, -0.15) is 0 Å². The topological polar surface area (TPSA) is 38.3 Å². The number of carbonyl (C=O) groups excluding carboxylic acids is 1. The SMILES string of the molecule is Cc1ccc2c(c1)Oc1ccccc1C2NC=O. The normalized spacial score (nSPS) is 16.2. The Kier molecular flexibility index (Phi) is 2.52. The lowest BCUT2D eigenvalue weighted by Gasteiger charge is -2.27. The van der Waals surface area contributed by atoms with Crippen molar-refractivity contribution in [3.63, 3.8) is 0 Å². The fraction of sp³-hybridized carbons (Fsp3) is 0.133. The molecular weight excluding hydrogens is 226 g/mol. The number of carbonyl (C=O) groups is 1. The Hall–Kier alpha value is -2.29. The predicted octanol–water partition coefficient (Wildman–Crippen LogP) is 2.94. The molecule has 3 heteroatoms. The molecular formula is C15H13NO2. The molecule has 2 aromatic rings. The Bertz CT molecular complexity index is 607. The second-order valence-electron chi connectivity index (χ2n) is 4.40. The highest BCUT2D eigenvalue weighted by Gasteiger charge is 2.26. The molecule has 0 spiro atoms. The van der Waals surface area contributed by atoms with Crippen LogP contribution < -0.4 is 10.1 Å². The summed E-state index contributed by atoms with van der Waals surface area (Å²) in [6, 6.07) is 13.6. The van der Waals surface area contributed by atoms with E-state index in [4.69, 9.17) is 4.74 Å². The summed E-state index contributed by atoms with van der Waals surface area (Å²) < 4.78 is 5.88. The van der Waals surface area contributed by atoms with Crippen LogP contribution in [0.25, 0.3) is 0 Å². The summed E-state index contributed by atoms with van der Waals surface area (Å²) in [5.74, 6) is 1.61. The molecule has 1 aliphatic rings. The second-order valence-corrected chi connectivity index (χ2v) is 4.40. The molecule has 3 nitrogen and oxygen atoms in total. The van der Waals surface area contributed by atoms with Crippen molar-refractivity contribution in [3.05, 3.63) is 59.2 Å². The first-order chi connectivity index (χ1) is 8.79. The van der Waals surface area contributed by atoms with Crippen LogP contribution in [0.5, 0.6) is 11.5 Å². The highest BCUT2D eigenvalue weighted by molar-refractivity contribution is 5.58. The molecule has 1 unspecified atom stereocenters. The van der Waals surface area contributed by atoms with Gasteiger partial charge in [-0.15, -0.1) is 0 Å². The summed E-state index contributed by atoms with van der Waals surface area (Å²) in [5.41, 5.74) is 3.12. The highest BCUT2D eigenvalue weighted by Crippen LogP contribution is 2.42. The Labute approximate surface area is 105 Å². The first kappa shape index (κ1) is 10.8. The number of fused-ring (bicyclic) bond motifs is 2. The number of hydrogen-bond donors (Lipinski definition) is 1. The van der Waals surface area contributed by atoms with E-state index < -0.39 is 0 Å². The third-order valence-corrected chi connectivity index (χ3v) is 3.16. The minimum absolute atomic E-state index is 0.136. The monoisotopic (exact) mass is 239 g/mol. The van der Waals surface area contributed by atoms with Gasteiger partial charge >= 0.3 is 0 Å². The van der Waals surface area contributed by atoms with Crippen LogP contribution >= 0.6 is 0 Å². The summed E-state index contributed by atoms with van der Waals surface area (Å²) in [4.78, 5) is 10.8. The average Bonchev–Trinajstić information content (AvgIpc) is 2.38. The smallest absolute Gasteiger partial charge is 0.207 e. The standard InChI is InChI=1S/C15H13NO2/c1-10-6-7-12-14(8-10)18-13-5-3-2-4-11(13)15(12)16-9-17/h2-9,15H,1H3,(H,16,17). The number of nitrogens with one attached hydrogen (secondary N) is 1. The Morgan fingerprint density at radius 2 is 1.89 bits per heavy atom. The molecule has 1 amide bonds. The van der Waals surface area contributed by atoms with Crippen LogP contribution in [0.3, 0.4) is 0 Å². The van der Waals surface area contributed by atoms with Gasteiger partial charge in [0.2, 0.25) is 6.41 Å². The van der Waals surface area contributed by atoms with Gasteiger partial charge in [-0.25, -0.2) is 0 Å². The van der Waals surface area contributed by atoms with Gasteiger partial charge in [-0.3, -0.25) is 4.79 Å². The number of aryl methyl sites for hydroxylation is 1. The van der Waals surface area contributed by atoms with E-state index in [1.807, 2.05) is 49.4 Å². The molecule has 1 aliphatic heterocycles. The maximum Gasteiger partial charge on any atom is 0.207 e. The number of amides is 1. The lowest BCUT2D eigenvalue weighted by atomic mass is 9.94. The van der Waals surface area contributed by atoms with Crippen LogP contribution in [-0.2, 0) is 4.79 Å². The lowest BCUT2D eigenvalue weighted by Crippen LogP contribution is -2.24. The van der Waals surface area contributed by atoms with E-state index in [9.17, 15) is 4.79 Å². The van der Waals surface area contributed by atoms with E-state index in [0.717, 1.165) is 34.6 Å². The van der Waals surface area contributed by atoms with Crippen LogP contribution in [0.1, 0.15) is 22.7 Å². The van der Waals surface area contributed by atoms with Crippen molar-refractivity contribution in [3.8, 4) is 11.5 Å². The number of rotatable bonds is 2. The Morgan fingerprint density at radius 1 is 1.11 bits per heavy atom. The van der Waals surface area contributed by atoms with Gasteiger partial charge in [0.25, 0.3) is 0 Å². The molecule has 1 N–H and O–H groups in total. The van der Waals surface area contributed by atoms with Gasteiger partial charge in [0.05, 0.1) is 6.04 Å². The fourth-order valence-corrected chi connectivity index (χ4v) is 2.31. The van der Waals surface area contributed by atoms with Crippen molar-refractivity contribution in [2.45, 2.75) is 13.0 Å². The Morgan fingerprint density at radius 3 is 2.72 bits per heavy atom. The number of benzene rings is 2. The minimum Gasteiger partial charge on any atom is -0.457 e. The van der Waals surface area contributed by atoms with Crippen LogP contribution in [0, 0.1) is 6.92 Å². The van der Waals surface area contributed by atoms with Gasteiger partial charge < -0.3 is 10.1 Å². The van der Waals surface area contributed by atoms with Gasteiger partial charge in [0, 0.05) is 11.1 Å². The van der Waals surface area contributed by atoms with Crippen LogP contribution in [0.2, 0.25) is 0 Å². The van der Waals surface area contributed by atoms with Crippen LogP contribution in [0.4, 0.5) is 0 Å². The number of para-hydroxylation sites is 1. The first-order valence-corrected chi connectivity index (χ1v) is 5.86. The minimum atomic E-state index is -0.136. The third-order valence-electron chi connectivity index (χ3n) is 3.16. The second kappa shape index (κ2) is 4.18. The van der Waals surface area contributed by atoms with Gasteiger partial charge in [-0.05, 0) is 24.6 Å². The fourth-order valence-electron chi connectivity index (χ4n) is 2.31. The molecule has 90 valence electrons. The zero-order chi connectivity index (χ0) is 12.5. The van der Waals surface area contributed by atoms with Crippen molar-refractivity contribution in [1.82, 2.24) is 5.32 Å². The zero-order valence-electron chi connectivity index (χ0n) is 10.0. The van der Waals surface area contributed by atoms with Gasteiger partial charge in [-0.1, -0.05) is 30.3 Å². The van der Waals surface area contributed by atoms with Gasteiger partial charge in [0.1, 0.15) is 11.5 Å². The first-order valence-electron chi connectivity index (χ1n) is 5.86. The van der Waals surface area contributed by atoms with E-state index in [0.29, 0.717) is 0 Å². The molecule has 3 rings (SSSR count). The Balaban J connectivity index is 2.17. The van der Waals surface area contributed by atoms with E-state index in [1.54, 1.807) is 0 Å². The molecule has 2 aromatic carbocycles. The van der Waals surface area contributed by atoms with Crippen molar-refractivity contribution >= 4 is 6.41 Å². The maximum absolute atomic E-state index is 10.8. The van der Waals surface area contributed by atoms with Crippen LogP contribution in [0.15, 0.2) is 42.5 Å². The molecule has 0 fully saturated rings. The summed E-state index contributed by atoms with van der Waals surface area (Å²) in [6.07, 6.45) is 0.733. The molecule has 0 radical (unpaired) electrons. The zero-order valence-corrected chi connectivity index (χ0v) is 10.0. The molecule has 0 saturated carbocycles. The van der Waals surface area contributed by atoms with Crippen molar-refractivity contribution in [2.24, 2.45) is 0 Å². The molecule has 0 aromatic heterocycles. The quantitative estimate of drug-likeness (QED) is 0.818. The van der Waals surface area contributed by atoms with E-state index in [2.05, 4.69) is 5.32 Å². The number of hydrogen-bond acceptors (Lipinski definition) is 2. The average molecular weight is 239 g/mol. The largest absolute Gasteiger partial charge is 0.457 e. The lowest BCUT2D eigenvalue weighted by molar-refractivity contribution is -0.110. The van der Waals surface area contributed by atoms with Crippen LogP contribution in [-0.4, -0.2) is 6.41 Å². The third kappa shape index (κ3) is 1.64. The summed E-state index contributed by atoms with van der Waals surface area (Å²) in [7, 11) is 0. The number of ether oxygens (including phenoxy) is 1. The summed E-state index contributed by atoms with van der Waals surface area (Å²) in [5, 5.41) is 2.86. The summed E-state index contributed by atoms with van der Waals surface area (Å²) >= 11 is 0. The molecule has 18 heavy (non-hydrogen) atoms. The molecule has 0 bridgehead atoms. The highest BCUT2D eigenvalue weighted by atomic mass is 16.5. The maximum atomic E-state index is 10.8. The molecule has 0 aliphatic carbocycles. The summed E-state index contributed by atoms with van der Waals surface area (Å²) in [6.45, 7) is 2.02. The van der Waals surface area contributed by atoms with Crippen molar-refractivity contribution in [1.29, 1.82) is 0 Å². The van der Waals surface area contributed by atoms with Crippen molar-refractivity contribution in [2.75, 3.05) is 0 Å².